The zero-order chi connectivity index (χ0) is 24.8. The number of hydrogen-bond acceptors (Lipinski definition) is 7. The van der Waals surface area contributed by atoms with Crippen molar-refractivity contribution in [1.29, 1.82) is 0 Å². The first-order valence-electron chi connectivity index (χ1n) is 12.4. The van der Waals surface area contributed by atoms with Gasteiger partial charge in [-0.2, -0.15) is 10.2 Å². The van der Waals surface area contributed by atoms with E-state index in [9.17, 15) is 14.4 Å². The van der Waals surface area contributed by atoms with Crippen molar-refractivity contribution in [2.75, 3.05) is 19.7 Å². The van der Waals surface area contributed by atoms with E-state index in [0.717, 1.165) is 16.6 Å². The van der Waals surface area contributed by atoms with Crippen molar-refractivity contribution in [3.63, 3.8) is 0 Å². The van der Waals surface area contributed by atoms with Crippen LogP contribution in [0, 0.1) is 0 Å². The van der Waals surface area contributed by atoms with Gasteiger partial charge in [0.25, 0.3) is 5.91 Å². The Bertz CT molecular complexity index is 1330. The number of nitrogens with one attached hydrogen (secondary N) is 1. The molecule has 1 atom stereocenters. The van der Waals surface area contributed by atoms with Crippen LogP contribution in [0.5, 0.6) is 5.75 Å². The third-order valence-corrected chi connectivity index (χ3v) is 7.23. The first-order valence-corrected chi connectivity index (χ1v) is 12.4. The van der Waals surface area contributed by atoms with Gasteiger partial charge in [-0.15, -0.1) is 0 Å². The van der Waals surface area contributed by atoms with Crippen molar-refractivity contribution < 1.29 is 23.9 Å². The molecule has 188 valence electrons. The molecule has 11 nitrogen and oxygen atoms in total. The Hall–Kier alpha value is -3.73. The number of para-hydroxylation sites is 1. The van der Waals surface area contributed by atoms with Gasteiger partial charge in [-0.1, -0.05) is 12.1 Å². The summed E-state index contributed by atoms with van der Waals surface area (Å²) in [4.78, 5) is 38.9. The molecule has 2 fully saturated rings. The third kappa shape index (κ3) is 4.02. The molecule has 3 amide bonds. The number of aromatic nitrogens is 4. The summed E-state index contributed by atoms with van der Waals surface area (Å²) < 4.78 is 15.4. The SMILES string of the molecule is Cn1nc(C2CCC(=O)NC2=O)c2cccc(OC3CCN(C(=O)c4cc5n(n4)CCOC5)CC3)c21. The molecule has 0 spiro atoms. The first-order chi connectivity index (χ1) is 17.5. The zero-order valence-corrected chi connectivity index (χ0v) is 20.1. The minimum absolute atomic E-state index is 0.0443. The highest BCUT2D eigenvalue weighted by molar-refractivity contribution is 6.03. The minimum atomic E-state index is -0.462. The third-order valence-electron chi connectivity index (χ3n) is 7.23. The molecule has 0 saturated carbocycles. The molecule has 3 aliphatic rings. The quantitative estimate of drug-likeness (QED) is 0.548. The second-order valence-electron chi connectivity index (χ2n) is 9.57. The molecular weight excluding hydrogens is 464 g/mol. The van der Waals surface area contributed by atoms with Gasteiger partial charge in [0, 0.05) is 44.8 Å². The Morgan fingerprint density at radius 2 is 1.97 bits per heavy atom. The maximum atomic E-state index is 13.0. The van der Waals surface area contributed by atoms with E-state index in [1.54, 1.807) is 4.68 Å². The topological polar surface area (TPSA) is 121 Å². The van der Waals surface area contributed by atoms with Gasteiger partial charge in [-0.3, -0.25) is 29.1 Å². The lowest BCUT2D eigenvalue weighted by atomic mass is 9.93. The smallest absolute Gasteiger partial charge is 0.274 e. The summed E-state index contributed by atoms with van der Waals surface area (Å²) in [6.07, 6.45) is 2.11. The lowest BCUT2D eigenvalue weighted by Gasteiger charge is -2.32. The second-order valence-corrected chi connectivity index (χ2v) is 9.57. The van der Waals surface area contributed by atoms with Crippen LogP contribution in [0.15, 0.2) is 24.3 Å². The van der Waals surface area contributed by atoms with Crippen LogP contribution in [0.1, 0.15) is 53.5 Å². The molecule has 1 N–H and O–H groups in total. The zero-order valence-electron chi connectivity index (χ0n) is 20.1. The molecule has 3 aliphatic heterocycles. The van der Waals surface area contributed by atoms with Crippen LogP contribution < -0.4 is 10.1 Å². The molecule has 36 heavy (non-hydrogen) atoms. The molecule has 6 rings (SSSR count). The number of amides is 3. The summed E-state index contributed by atoms with van der Waals surface area (Å²) >= 11 is 0. The molecule has 3 aromatic rings. The number of nitrogens with zero attached hydrogens (tertiary/aromatic N) is 5. The highest BCUT2D eigenvalue weighted by Gasteiger charge is 2.33. The van der Waals surface area contributed by atoms with E-state index in [1.165, 1.54) is 0 Å². The van der Waals surface area contributed by atoms with Gasteiger partial charge in [0.2, 0.25) is 11.8 Å². The molecule has 2 aromatic heterocycles. The highest BCUT2D eigenvalue weighted by Crippen LogP contribution is 2.35. The van der Waals surface area contributed by atoms with Crippen LogP contribution in [-0.2, 0) is 34.5 Å². The number of imide groups is 1. The van der Waals surface area contributed by atoms with Crippen LogP contribution in [0.25, 0.3) is 10.9 Å². The largest absolute Gasteiger partial charge is 0.488 e. The molecule has 2 saturated heterocycles. The van der Waals surface area contributed by atoms with E-state index in [0.29, 0.717) is 75.7 Å². The van der Waals surface area contributed by atoms with Crippen molar-refractivity contribution >= 4 is 28.6 Å². The lowest BCUT2D eigenvalue weighted by Crippen LogP contribution is -2.42. The van der Waals surface area contributed by atoms with E-state index < -0.39 is 5.92 Å². The van der Waals surface area contributed by atoms with Gasteiger partial charge in [0.1, 0.15) is 17.4 Å². The monoisotopic (exact) mass is 492 g/mol. The maximum absolute atomic E-state index is 13.0. The van der Waals surface area contributed by atoms with Crippen LogP contribution in [0.4, 0.5) is 0 Å². The Labute approximate surface area is 207 Å². The van der Waals surface area contributed by atoms with Crippen LogP contribution in [0.3, 0.4) is 0 Å². The molecule has 11 heteroatoms. The summed E-state index contributed by atoms with van der Waals surface area (Å²) in [5.41, 5.74) is 2.89. The predicted molar refractivity (Wildman–Crippen MR) is 127 cm³/mol. The molecule has 0 aliphatic carbocycles. The van der Waals surface area contributed by atoms with Gasteiger partial charge < -0.3 is 14.4 Å². The average molecular weight is 493 g/mol. The van der Waals surface area contributed by atoms with Crippen molar-refractivity contribution in [3.8, 4) is 5.75 Å². The Morgan fingerprint density at radius 1 is 1.14 bits per heavy atom. The maximum Gasteiger partial charge on any atom is 0.274 e. The normalized spacial score (nSPS) is 20.9. The summed E-state index contributed by atoms with van der Waals surface area (Å²) in [6.45, 7) is 2.95. The molecule has 0 bridgehead atoms. The van der Waals surface area contributed by atoms with Gasteiger partial charge in [0.05, 0.1) is 37.1 Å². The van der Waals surface area contributed by atoms with Gasteiger partial charge in [0.15, 0.2) is 5.69 Å². The number of aryl methyl sites for hydroxylation is 1. The van der Waals surface area contributed by atoms with E-state index in [2.05, 4.69) is 15.5 Å². The molecular formula is C25H28N6O5. The minimum Gasteiger partial charge on any atom is -0.488 e. The number of fused-ring (bicyclic) bond motifs is 2. The molecule has 1 unspecified atom stereocenters. The predicted octanol–water partition coefficient (Wildman–Crippen LogP) is 1.50. The average Bonchev–Trinajstić information content (AvgIpc) is 3.46. The Balaban J connectivity index is 1.15. The van der Waals surface area contributed by atoms with E-state index >= 15 is 0 Å². The van der Waals surface area contributed by atoms with E-state index in [4.69, 9.17) is 9.47 Å². The number of carbonyl (C=O) groups is 3. The number of likely N-dealkylation sites (tertiary alicyclic amines) is 1. The summed E-state index contributed by atoms with van der Waals surface area (Å²) in [6, 6.07) is 7.57. The van der Waals surface area contributed by atoms with Crippen molar-refractivity contribution in [1.82, 2.24) is 29.8 Å². The first kappa shape index (κ1) is 22.7. The fourth-order valence-electron chi connectivity index (χ4n) is 5.35. The fourth-order valence-corrected chi connectivity index (χ4v) is 5.35. The molecule has 0 radical (unpaired) electrons. The summed E-state index contributed by atoms with van der Waals surface area (Å²) in [7, 11) is 1.83. The van der Waals surface area contributed by atoms with Crippen LogP contribution in [-0.4, -0.2) is 68.0 Å². The summed E-state index contributed by atoms with van der Waals surface area (Å²) in [5, 5.41) is 12.4. The fraction of sp³-hybridized carbons (Fsp3) is 0.480. The number of ether oxygens (including phenoxy) is 2. The molecule has 1 aromatic carbocycles. The molecule has 5 heterocycles. The Kier molecular flexibility index (Phi) is 5.71. The number of benzene rings is 1. The van der Waals surface area contributed by atoms with Gasteiger partial charge in [-0.25, -0.2) is 0 Å². The Morgan fingerprint density at radius 3 is 2.75 bits per heavy atom. The van der Waals surface area contributed by atoms with Crippen LogP contribution in [0.2, 0.25) is 0 Å². The van der Waals surface area contributed by atoms with E-state index in [1.807, 2.05) is 40.9 Å². The van der Waals surface area contributed by atoms with E-state index in [-0.39, 0.29) is 23.8 Å². The number of hydrogen-bond donors (Lipinski definition) is 1. The highest BCUT2D eigenvalue weighted by atomic mass is 16.5. The van der Waals surface area contributed by atoms with Crippen molar-refractivity contribution in [2.24, 2.45) is 7.05 Å². The van der Waals surface area contributed by atoms with Crippen LogP contribution >= 0.6 is 0 Å². The lowest BCUT2D eigenvalue weighted by molar-refractivity contribution is -0.134. The van der Waals surface area contributed by atoms with Gasteiger partial charge >= 0.3 is 0 Å². The standard InChI is InChI=1S/C25H28N6O5/c1-29-23-17(22(28-29)18-5-6-21(32)26-24(18)33)3-2-4-20(23)36-16-7-9-30(10-8-16)25(34)19-13-15-14-35-12-11-31(15)27-19/h2-4,13,16,18H,5-12,14H2,1H3,(H,26,32,33). The number of carbonyl (C=O) groups excluding carboxylic acids is 3. The van der Waals surface area contributed by atoms with Gasteiger partial charge in [-0.05, 0) is 18.6 Å². The summed E-state index contributed by atoms with van der Waals surface area (Å²) in [5.74, 6) is -0.366. The second kappa shape index (κ2) is 9.05. The number of rotatable bonds is 4. The van der Waals surface area contributed by atoms with Crippen molar-refractivity contribution in [3.05, 3.63) is 41.3 Å². The van der Waals surface area contributed by atoms with Crippen molar-refractivity contribution in [2.45, 2.75) is 50.9 Å². The number of piperidine rings is 2.